The number of ether oxygens (including phenoxy) is 1. The molecule has 0 aliphatic carbocycles. The third kappa shape index (κ3) is 3.09. The predicted molar refractivity (Wildman–Crippen MR) is 68.5 cm³/mol. The Morgan fingerprint density at radius 3 is 2.89 bits per heavy atom. The van der Waals surface area contributed by atoms with Crippen molar-refractivity contribution in [1.29, 1.82) is 0 Å². The quantitative estimate of drug-likeness (QED) is 0.802. The zero-order chi connectivity index (χ0) is 13.8. The van der Waals surface area contributed by atoms with Gasteiger partial charge in [0.2, 0.25) is 5.91 Å². The molecule has 4 N–H and O–H groups in total. The van der Waals surface area contributed by atoms with Gasteiger partial charge in [-0.25, -0.2) is 4.39 Å². The van der Waals surface area contributed by atoms with E-state index in [9.17, 15) is 9.18 Å². The molecule has 1 unspecified atom stereocenters. The van der Waals surface area contributed by atoms with E-state index in [-0.39, 0.29) is 19.0 Å². The fourth-order valence-electron chi connectivity index (χ4n) is 2.22. The van der Waals surface area contributed by atoms with Crippen molar-refractivity contribution >= 4 is 5.91 Å². The number of halogens is 1. The molecule has 1 aromatic rings. The number of nitrogens with two attached hydrogens (primary N) is 2. The lowest BCUT2D eigenvalue weighted by Crippen LogP contribution is -2.51. The van der Waals surface area contributed by atoms with E-state index >= 15 is 0 Å². The van der Waals surface area contributed by atoms with Crippen molar-refractivity contribution in [3.05, 3.63) is 35.1 Å². The number of hydrogen-bond acceptors (Lipinski definition) is 4. The number of rotatable bonds is 4. The Balaban J connectivity index is 2.17. The van der Waals surface area contributed by atoms with Crippen molar-refractivity contribution in [3.63, 3.8) is 0 Å². The van der Waals surface area contributed by atoms with Crippen LogP contribution in [-0.4, -0.2) is 36.6 Å². The van der Waals surface area contributed by atoms with Gasteiger partial charge in [-0.1, -0.05) is 18.2 Å². The number of carbonyl (C=O) groups is 1. The molecule has 0 spiro atoms. The first kappa shape index (κ1) is 13.9. The van der Waals surface area contributed by atoms with Crippen LogP contribution in [0.2, 0.25) is 0 Å². The average Bonchev–Trinajstić information content (AvgIpc) is 2.41. The Morgan fingerprint density at radius 2 is 2.21 bits per heavy atom. The van der Waals surface area contributed by atoms with Crippen molar-refractivity contribution in [3.8, 4) is 0 Å². The van der Waals surface area contributed by atoms with E-state index in [4.69, 9.17) is 16.2 Å². The molecule has 1 aliphatic rings. The van der Waals surface area contributed by atoms with E-state index in [0.29, 0.717) is 30.8 Å². The van der Waals surface area contributed by atoms with Crippen LogP contribution in [0.1, 0.15) is 11.1 Å². The molecular weight excluding hydrogens is 249 g/mol. The number of nitrogens with zero attached hydrogens (tertiary/aromatic N) is 1. The van der Waals surface area contributed by atoms with Crippen LogP contribution in [-0.2, 0) is 22.6 Å². The summed E-state index contributed by atoms with van der Waals surface area (Å²) in [6.07, 6.45) is 0. The Hall–Kier alpha value is -1.50. The number of morpholine rings is 1. The van der Waals surface area contributed by atoms with Crippen LogP contribution in [0.3, 0.4) is 0 Å². The maximum atomic E-state index is 14.1. The lowest BCUT2D eigenvalue weighted by molar-refractivity contribution is -0.129. The van der Waals surface area contributed by atoms with Gasteiger partial charge in [-0.2, -0.15) is 0 Å². The van der Waals surface area contributed by atoms with Gasteiger partial charge >= 0.3 is 0 Å². The highest BCUT2D eigenvalue weighted by Gasteiger charge is 2.28. The molecular formula is C13H18FN3O2. The zero-order valence-electron chi connectivity index (χ0n) is 10.6. The Labute approximate surface area is 111 Å². The Kier molecular flexibility index (Phi) is 4.47. The molecule has 6 heteroatoms. The van der Waals surface area contributed by atoms with Crippen molar-refractivity contribution in [2.24, 2.45) is 11.5 Å². The highest BCUT2D eigenvalue weighted by atomic mass is 19.1. The molecule has 5 nitrogen and oxygen atoms in total. The molecule has 1 atom stereocenters. The minimum Gasteiger partial charge on any atom is -0.378 e. The minimum absolute atomic E-state index is 0.155. The number of hydrogen-bond donors (Lipinski definition) is 2. The van der Waals surface area contributed by atoms with E-state index in [2.05, 4.69) is 0 Å². The zero-order valence-corrected chi connectivity index (χ0v) is 10.6. The molecule has 1 amide bonds. The molecule has 1 aromatic carbocycles. The summed E-state index contributed by atoms with van der Waals surface area (Å²) < 4.78 is 19.3. The van der Waals surface area contributed by atoms with Crippen molar-refractivity contribution in [2.75, 3.05) is 19.8 Å². The number of carbonyl (C=O) groups excluding carboxylic acids is 1. The van der Waals surface area contributed by atoms with Gasteiger partial charge in [0.05, 0.1) is 13.2 Å². The van der Waals surface area contributed by atoms with Gasteiger partial charge in [-0.05, 0) is 0 Å². The summed E-state index contributed by atoms with van der Waals surface area (Å²) in [5.74, 6) is -0.755. The van der Waals surface area contributed by atoms with E-state index in [0.717, 1.165) is 0 Å². The van der Waals surface area contributed by atoms with E-state index in [1.54, 1.807) is 18.2 Å². The number of amides is 1. The topological polar surface area (TPSA) is 81.6 Å². The van der Waals surface area contributed by atoms with Gasteiger partial charge in [0.15, 0.2) is 0 Å². The van der Waals surface area contributed by atoms with Crippen molar-refractivity contribution in [1.82, 2.24) is 4.90 Å². The van der Waals surface area contributed by atoms with Crippen molar-refractivity contribution in [2.45, 2.75) is 19.1 Å². The van der Waals surface area contributed by atoms with Crippen LogP contribution in [0.5, 0.6) is 0 Å². The average molecular weight is 267 g/mol. The first-order chi connectivity index (χ1) is 9.13. The first-order valence-electron chi connectivity index (χ1n) is 6.21. The summed E-state index contributed by atoms with van der Waals surface area (Å²) in [5.41, 5.74) is 11.8. The second-order valence-electron chi connectivity index (χ2n) is 4.56. The third-order valence-electron chi connectivity index (χ3n) is 3.32. The predicted octanol–water partition coefficient (Wildman–Crippen LogP) is -0.0295. The molecule has 0 bridgehead atoms. The maximum absolute atomic E-state index is 14.1. The largest absolute Gasteiger partial charge is 0.378 e. The van der Waals surface area contributed by atoms with Crippen LogP contribution in [0, 0.1) is 5.82 Å². The fourth-order valence-corrected chi connectivity index (χ4v) is 2.22. The highest BCUT2D eigenvalue weighted by molar-refractivity contribution is 5.80. The summed E-state index contributed by atoms with van der Waals surface area (Å²) in [4.78, 5) is 13.2. The van der Waals surface area contributed by atoms with Crippen LogP contribution in [0.4, 0.5) is 4.39 Å². The van der Waals surface area contributed by atoms with E-state index in [1.165, 1.54) is 0 Å². The SMILES string of the molecule is NCc1cccc(CN2CCOCC2C(N)=O)c1F. The van der Waals surface area contributed by atoms with E-state index < -0.39 is 11.9 Å². The molecule has 0 radical (unpaired) electrons. The van der Waals surface area contributed by atoms with Crippen LogP contribution in [0.25, 0.3) is 0 Å². The molecule has 104 valence electrons. The summed E-state index contributed by atoms with van der Waals surface area (Å²) in [7, 11) is 0. The molecule has 1 heterocycles. The van der Waals surface area contributed by atoms with Gasteiger partial charge in [0.1, 0.15) is 11.9 Å². The smallest absolute Gasteiger partial charge is 0.237 e. The molecule has 1 fully saturated rings. The Morgan fingerprint density at radius 1 is 1.47 bits per heavy atom. The monoisotopic (exact) mass is 267 g/mol. The molecule has 0 saturated carbocycles. The lowest BCUT2D eigenvalue weighted by atomic mass is 10.1. The van der Waals surface area contributed by atoms with Gasteiger partial charge in [0.25, 0.3) is 0 Å². The molecule has 0 aromatic heterocycles. The molecule has 1 saturated heterocycles. The summed E-state index contributed by atoms with van der Waals surface area (Å²) in [6.45, 7) is 1.81. The van der Waals surface area contributed by atoms with Crippen LogP contribution >= 0.6 is 0 Å². The summed E-state index contributed by atoms with van der Waals surface area (Å²) in [6, 6.07) is 4.61. The lowest BCUT2D eigenvalue weighted by Gasteiger charge is -2.33. The number of benzene rings is 1. The summed E-state index contributed by atoms with van der Waals surface area (Å²) >= 11 is 0. The highest BCUT2D eigenvalue weighted by Crippen LogP contribution is 2.17. The van der Waals surface area contributed by atoms with Crippen molar-refractivity contribution < 1.29 is 13.9 Å². The van der Waals surface area contributed by atoms with Gasteiger partial charge in [-0.15, -0.1) is 0 Å². The standard InChI is InChI=1S/C13H18FN3O2/c14-12-9(6-15)2-1-3-10(12)7-17-4-5-19-8-11(17)13(16)18/h1-3,11H,4-8,15H2,(H2,16,18). The number of primary amides is 1. The van der Waals surface area contributed by atoms with Crippen LogP contribution < -0.4 is 11.5 Å². The first-order valence-corrected chi connectivity index (χ1v) is 6.21. The Bertz CT molecular complexity index is 467. The summed E-state index contributed by atoms with van der Waals surface area (Å²) in [5, 5.41) is 0. The fraction of sp³-hybridized carbons (Fsp3) is 0.462. The van der Waals surface area contributed by atoms with Gasteiger partial charge < -0.3 is 16.2 Å². The van der Waals surface area contributed by atoms with Gasteiger partial charge in [0, 0.05) is 30.8 Å². The molecule has 19 heavy (non-hydrogen) atoms. The minimum atomic E-state index is -0.505. The van der Waals surface area contributed by atoms with E-state index in [1.807, 2.05) is 4.90 Å². The normalized spacial score (nSPS) is 20.4. The van der Waals surface area contributed by atoms with Gasteiger partial charge in [-0.3, -0.25) is 9.69 Å². The molecule has 2 rings (SSSR count). The molecule has 1 aliphatic heterocycles. The maximum Gasteiger partial charge on any atom is 0.237 e. The van der Waals surface area contributed by atoms with Crippen LogP contribution in [0.15, 0.2) is 18.2 Å². The second-order valence-corrected chi connectivity index (χ2v) is 4.56. The second kappa shape index (κ2) is 6.10. The third-order valence-corrected chi connectivity index (χ3v) is 3.32.